The van der Waals surface area contributed by atoms with Crippen molar-refractivity contribution in [3.05, 3.63) is 35.9 Å². The van der Waals surface area contributed by atoms with Crippen LogP contribution in [0.2, 0.25) is 0 Å². The lowest BCUT2D eigenvalue weighted by atomic mass is 10.1. The van der Waals surface area contributed by atoms with Gasteiger partial charge in [-0.05, 0) is 32.8 Å². The fourth-order valence-corrected chi connectivity index (χ4v) is 2.23. The van der Waals surface area contributed by atoms with Crippen LogP contribution in [0.4, 0.5) is 4.79 Å². The molecule has 146 valence electrons. The Morgan fingerprint density at radius 2 is 1.88 bits per heavy atom. The van der Waals surface area contributed by atoms with Crippen LogP contribution in [-0.4, -0.2) is 51.5 Å². The number of benzene rings is 1. The van der Waals surface area contributed by atoms with Gasteiger partial charge in [-0.25, -0.2) is 4.79 Å². The number of guanidine groups is 1. The number of carbonyl (C=O) groups excluding carboxylic acids is 1. The summed E-state index contributed by atoms with van der Waals surface area (Å²) >= 11 is 0. The summed E-state index contributed by atoms with van der Waals surface area (Å²) in [6.07, 6.45) is 0.436. The molecule has 0 radical (unpaired) electrons. The van der Waals surface area contributed by atoms with Gasteiger partial charge in [0.1, 0.15) is 5.60 Å². The number of alkyl carbamates (subject to hydrolysis) is 1. The molecule has 0 heterocycles. The number of amides is 1. The predicted molar refractivity (Wildman–Crippen MR) is 104 cm³/mol. The normalized spacial score (nSPS) is 13.0. The zero-order chi connectivity index (χ0) is 19.4. The average molecular weight is 364 g/mol. The summed E-state index contributed by atoms with van der Waals surface area (Å²) in [7, 11) is 3.39. The van der Waals surface area contributed by atoms with Crippen molar-refractivity contribution in [2.45, 2.75) is 38.8 Å². The highest BCUT2D eigenvalue weighted by molar-refractivity contribution is 5.79. The Balaban J connectivity index is 2.66. The summed E-state index contributed by atoms with van der Waals surface area (Å²) in [6.45, 7) is 7.45. The fraction of sp³-hybridized carbons (Fsp3) is 0.579. The maximum Gasteiger partial charge on any atom is 0.408 e. The Labute approximate surface area is 156 Å². The monoisotopic (exact) mass is 364 g/mol. The number of rotatable bonds is 8. The van der Waals surface area contributed by atoms with Gasteiger partial charge in [0.25, 0.3) is 0 Å². The van der Waals surface area contributed by atoms with E-state index >= 15 is 0 Å². The lowest BCUT2D eigenvalue weighted by Crippen LogP contribution is -2.44. The van der Waals surface area contributed by atoms with E-state index in [0.717, 1.165) is 18.5 Å². The van der Waals surface area contributed by atoms with Crippen LogP contribution in [0.15, 0.2) is 35.3 Å². The maximum absolute atomic E-state index is 12.2. The van der Waals surface area contributed by atoms with Crippen LogP contribution in [-0.2, 0) is 9.47 Å². The first-order valence-electron chi connectivity index (χ1n) is 8.83. The van der Waals surface area contributed by atoms with E-state index in [1.165, 1.54) is 0 Å². The summed E-state index contributed by atoms with van der Waals surface area (Å²) in [4.78, 5) is 16.4. The van der Waals surface area contributed by atoms with E-state index < -0.39 is 11.7 Å². The number of hydrogen-bond donors (Lipinski definition) is 3. The van der Waals surface area contributed by atoms with Crippen LogP contribution in [0.1, 0.15) is 38.8 Å². The van der Waals surface area contributed by atoms with Crippen LogP contribution in [0.3, 0.4) is 0 Å². The maximum atomic E-state index is 12.2. The second kappa shape index (κ2) is 11.4. The lowest BCUT2D eigenvalue weighted by molar-refractivity contribution is 0.0504. The van der Waals surface area contributed by atoms with Gasteiger partial charge >= 0.3 is 6.09 Å². The third kappa shape index (κ3) is 9.27. The molecule has 7 nitrogen and oxygen atoms in total. The Morgan fingerprint density at radius 1 is 1.19 bits per heavy atom. The molecule has 0 aromatic heterocycles. The summed E-state index contributed by atoms with van der Waals surface area (Å²) in [5, 5.41) is 9.38. The van der Waals surface area contributed by atoms with Crippen molar-refractivity contribution < 1.29 is 14.3 Å². The number of carbonyl (C=O) groups is 1. The van der Waals surface area contributed by atoms with Gasteiger partial charge in [-0.1, -0.05) is 30.3 Å². The van der Waals surface area contributed by atoms with E-state index in [1.54, 1.807) is 14.2 Å². The first-order valence-corrected chi connectivity index (χ1v) is 8.83. The van der Waals surface area contributed by atoms with Crippen molar-refractivity contribution in [3.63, 3.8) is 0 Å². The van der Waals surface area contributed by atoms with Gasteiger partial charge in [0, 0.05) is 33.9 Å². The highest BCUT2D eigenvalue weighted by atomic mass is 16.6. The molecule has 0 spiro atoms. The SMILES string of the molecule is CN=C(NCCCOC)NCC(NC(=O)OC(C)(C)C)c1ccccc1. The third-order valence-electron chi connectivity index (χ3n) is 3.41. The van der Waals surface area contributed by atoms with Gasteiger partial charge in [0.2, 0.25) is 0 Å². The van der Waals surface area contributed by atoms with Crippen molar-refractivity contribution >= 4 is 12.1 Å². The van der Waals surface area contributed by atoms with E-state index in [1.807, 2.05) is 51.1 Å². The largest absolute Gasteiger partial charge is 0.444 e. The molecular formula is C19H32N4O3. The molecule has 0 saturated heterocycles. The zero-order valence-corrected chi connectivity index (χ0v) is 16.5. The Hall–Kier alpha value is -2.28. The molecule has 1 atom stereocenters. The summed E-state index contributed by atoms with van der Waals surface area (Å²) in [5.41, 5.74) is 0.443. The number of hydrogen-bond acceptors (Lipinski definition) is 4. The van der Waals surface area contributed by atoms with E-state index in [-0.39, 0.29) is 6.04 Å². The van der Waals surface area contributed by atoms with Crippen molar-refractivity contribution in [2.24, 2.45) is 4.99 Å². The van der Waals surface area contributed by atoms with Crippen molar-refractivity contribution in [3.8, 4) is 0 Å². The van der Waals surface area contributed by atoms with Gasteiger partial charge in [-0.15, -0.1) is 0 Å². The predicted octanol–water partition coefficient (Wildman–Crippen LogP) is 2.45. The van der Waals surface area contributed by atoms with E-state index in [4.69, 9.17) is 9.47 Å². The second-order valence-corrected chi connectivity index (χ2v) is 6.84. The van der Waals surface area contributed by atoms with Crippen LogP contribution >= 0.6 is 0 Å². The number of methoxy groups -OCH3 is 1. The number of nitrogens with zero attached hydrogens (tertiary/aromatic N) is 1. The van der Waals surface area contributed by atoms with Crippen LogP contribution < -0.4 is 16.0 Å². The number of nitrogens with one attached hydrogen (secondary N) is 3. The van der Waals surface area contributed by atoms with E-state index in [9.17, 15) is 4.79 Å². The molecule has 1 amide bonds. The van der Waals surface area contributed by atoms with E-state index in [2.05, 4.69) is 20.9 Å². The lowest BCUT2D eigenvalue weighted by Gasteiger charge is -2.24. The molecular weight excluding hydrogens is 332 g/mol. The molecule has 3 N–H and O–H groups in total. The number of ether oxygens (including phenoxy) is 2. The summed E-state index contributed by atoms with van der Waals surface area (Å²) in [6, 6.07) is 9.52. The number of aliphatic imine (C=N–C) groups is 1. The molecule has 1 unspecified atom stereocenters. The van der Waals surface area contributed by atoms with Crippen molar-refractivity contribution in [1.82, 2.24) is 16.0 Å². The Morgan fingerprint density at radius 3 is 2.46 bits per heavy atom. The van der Waals surface area contributed by atoms with Crippen molar-refractivity contribution in [2.75, 3.05) is 33.9 Å². The second-order valence-electron chi connectivity index (χ2n) is 6.84. The highest BCUT2D eigenvalue weighted by Crippen LogP contribution is 2.14. The van der Waals surface area contributed by atoms with Gasteiger partial charge in [-0.2, -0.15) is 0 Å². The minimum absolute atomic E-state index is 0.247. The minimum atomic E-state index is -0.544. The van der Waals surface area contributed by atoms with Crippen LogP contribution in [0, 0.1) is 0 Å². The molecule has 1 aromatic carbocycles. The minimum Gasteiger partial charge on any atom is -0.444 e. The molecule has 1 rings (SSSR count). The van der Waals surface area contributed by atoms with Gasteiger partial charge in [0.05, 0.1) is 6.04 Å². The third-order valence-corrected chi connectivity index (χ3v) is 3.41. The molecule has 0 saturated carbocycles. The zero-order valence-electron chi connectivity index (χ0n) is 16.5. The smallest absolute Gasteiger partial charge is 0.408 e. The topological polar surface area (TPSA) is 84.0 Å². The van der Waals surface area contributed by atoms with Crippen LogP contribution in [0.25, 0.3) is 0 Å². The summed E-state index contributed by atoms with van der Waals surface area (Å²) in [5.74, 6) is 0.674. The molecule has 0 aliphatic carbocycles. The van der Waals surface area contributed by atoms with Crippen LogP contribution in [0.5, 0.6) is 0 Å². The highest BCUT2D eigenvalue weighted by Gasteiger charge is 2.20. The molecule has 0 fully saturated rings. The standard InChI is InChI=1S/C19H32N4O3/c1-19(2,3)26-18(24)23-16(15-10-7-6-8-11-15)14-22-17(20-4)21-12-9-13-25-5/h6-8,10-11,16H,9,12-14H2,1-5H3,(H,23,24)(H2,20,21,22). The molecule has 0 aliphatic heterocycles. The first kappa shape index (κ1) is 21.8. The fourth-order valence-electron chi connectivity index (χ4n) is 2.23. The molecule has 26 heavy (non-hydrogen) atoms. The quantitative estimate of drug-likeness (QED) is 0.375. The Bertz CT molecular complexity index is 556. The molecule has 0 bridgehead atoms. The Kier molecular flexibility index (Phi) is 9.51. The molecule has 7 heteroatoms. The van der Waals surface area contributed by atoms with Crippen molar-refractivity contribution in [1.29, 1.82) is 0 Å². The van der Waals surface area contributed by atoms with E-state index in [0.29, 0.717) is 19.1 Å². The first-order chi connectivity index (χ1) is 12.4. The average Bonchev–Trinajstić information content (AvgIpc) is 2.59. The molecule has 0 aliphatic rings. The van der Waals surface area contributed by atoms with Gasteiger partial charge < -0.3 is 25.4 Å². The molecule has 1 aromatic rings. The van der Waals surface area contributed by atoms with Gasteiger partial charge in [-0.3, -0.25) is 4.99 Å². The summed E-state index contributed by atoms with van der Waals surface area (Å²) < 4.78 is 10.4. The van der Waals surface area contributed by atoms with Gasteiger partial charge in [0.15, 0.2) is 5.96 Å².